The fraction of sp³-hybridized carbons (Fsp3) is 0.571. The average Bonchev–Trinajstić information content (AvgIpc) is 2.65. The van der Waals surface area contributed by atoms with Crippen molar-refractivity contribution >= 4 is 43.8 Å². The zero-order valence-electron chi connectivity index (χ0n) is 11.8. The number of carbonyl (C=O) groups excluding carboxylic acids is 2. The van der Waals surface area contributed by atoms with Crippen molar-refractivity contribution in [3.05, 3.63) is 20.3 Å². The van der Waals surface area contributed by atoms with Crippen LogP contribution < -0.4 is 0 Å². The Balaban J connectivity index is 3.04. The minimum Gasteiger partial charge on any atom is -0.457 e. The summed E-state index contributed by atoms with van der Waals surface area (Å²) in [4.78, 5) is 23.7. The van der Waals surface area contributed by atoms with Crippen molar-refractivity contribution in [3.8, 4) is 0 Å². The molecule has 0 fully saturated rings. The molecule has 0 bridgehead atoms. The predicted molar refractivity (Wildman–Crippen MR) is 83.4 cm³/mol. The summed E-state index contributed by atoms with van der Waals surface area (Å²) in [6, 6.07) is 0. The molecule has 4 nitrogen and oxygen atoms in total. The van der Waals surface area contributed by atoms with Crippen molar-refractivity contribution in [2.75, 3.05) is 0 Å². The van der Waals surface area contributed by atoms with Gasteiger partial charge in [-0.1, -0.05) is 36.2 Å². The Bertz CT molecular complexity index is 462. The molecule has 0 saturated carbocycles. The molecule has 6 heteroatoms. The molecule has 1 aliphatic heterocycles. The van der Waals surface area contributed by atoms with E-state index in [-0.39, 0.29) is 5.97 Å². The lowest BCUT2D eigenvalue weighted by atomic mass is 10.1. The van der Waals surface area contributed by atoms with Crippen molar-refractivity contribution in [2.45, 2.75) is 52.6 Å². The number of hydrogen-bond donors (Lipinski definition) is 0. The molecule has 1 heterocycles. The van der Waals surface area contributed by atoms with Gasteiger partial charge in [0, 0.05) is 10.9 Å². The highest BCUT2D eigenvalue weighted by Gasteiger charge is 2.36. The largest absolute Gasteiger partial charge is 0.457 e. The summed E-state index contributed by atoms with van der Waals surface area (Å²) < 4.78 is 11.9. The second-order valence-corrected chi connectivity index (χ2v) is 6.48. The molecule has 0 aliphatic carbocycles. The Morgan fingerprint density at radius 3 is 2.45 bits per heavy atom. The molecule has 0 aromatic carbocycles. The lowest BCUT2D eigenvalue weighted by Gasteiger charge is -2.16. The maximum Gasteiger partial charge on any atom is 0.344 e. The SMILES string of the molecule is CCCC(=O)OC(CCC)C1=C(Br)/C(=C(\C)Br)OC1=O. The van der Waals surface area contributed by atoms with Crippen molar-refractivity contribution in [1.82, 2.24) is 0 Å². The number of hydrogen-bond acceptors (Lipinski definition) is 4. The molecule has 1 aliphatic rings. The minimum absolute atomic E-state index is 0.292. The van der Waals surface area contributed by atoms with Crippen LogP contribution in [0.4, 0.5) is 0 Å². The van der Waals surface area contributed by atoms with E-state index in [1.54, 1.807) is 6.92 Å². The Hall–Kier alpha value is -0.620. The molecule has 0 radical (unpaired) electrons. The van der Waals surface area contributed by atoms with Gasteiger partial charge in [-0.15, -0.1) is 0 Å². The minimum atomic E-state index is -0.565. The first-order chi connectivity index (χ1) is 9.42. The zero-order valence-corrected chi connectivity index (χ0v) is 15.0. The summed E-state index contributed by atoms with van der Waals surface area (Å²) in [6.07, 6.45) is 1.89. The van der Waals surface area contributed by atoms with E-state index >= 15 is 0 Å². The van der Waals surface area contributed by atoms with Gasteiger partial charge < -0.3 is 9.47 Å². The van der Waals surface area contributed by atoms with Crippen molar-refractivity contribution in [2.24, 2.45) is 0 Å². The van der Waals surface area contributed by atoms with E-state index in [0.29, 0.717) is 39.6 Å². The van der Waals surface area contributed by atoms with E-state index in [1.165, 1.54) is 0 Å². The highest BCUT2D eigenvalue weighted by molar-refractivity contribution is 9.12. The van der Waals surface area contributed by atoms with Crippen LogP contribution in [0.1, 0.15) is 46.5 Å². The second-order valence-electron chi connectivity index (χ2n) is 4.50. The van der Waals surface area contributed by atoms with Crippen LogP contribution >= 0.6 is 31.9 Å². The second kappa shape index (κ2) is 7.98. The predicted octanol–water partition coefficient (Wildman–Crippen LogP) is 4.33. The smallest absolute Gasteiger partial charge is 0.344 e. The van der Waals surface area contributed by atoms with Crippen LogP contribution in [0, 0.1) is 0 Å². The fourth-order valence-electron chi connectivity index (χ4n) is 1.84. The first-order valence-electron chi connectivity index (χ1n) is 6.60. The van der Waals surface area contributed by atoms with E-state index in [2.05, 4.69) is 31.9 Å². The van der Waals surface area contributed by atoms with Crippen molar-refractivity contribution in [3.63, 3.8) is 0 Å². The number of halogens is 2. The number of allylic oxidation sites excluding steroid dienone is 2. The summed E-state index contributed by atoms with van der Waals surface area (Å²) in [5, 5.41) is 0. The van der Waals surface area contributed by atoms with E-state index in [0.717, 1.165) is 6.42 Å². The van der Waals surface area contributed by atoms with E-state index in [1.807, 2.05) is 13.8 Å². The monoisotopic (exact) mass is 408 g/mol. The first-order valence-corrected chi connectivity index (χ1v) is 8.18. The quantitative estimate of drug-likeness (QED) is 0.612. The van der Waals surface area contributed by atoms with Gasteiger partial charge in [-0.05, 0) is 35.7 Å². The van der Waals surface area contributed by atoms with Gasteiger partial charge in [-0.25, -0.2) is 4.79 Å². The van der Waals surface area contributed by atoms with Crippen LogP contribution in [-0.4, -0.2) is 18.0 Å². The van der Waals surface area contributed by atoms with Crippen LogP contribution in [0.15, 0.2) is 20.3 Å². The van der Waals surface area contributed by atoms with Crippen LogP contribution in [0.3, 0.4) is 0 Å². The molecule has 20 heavy (non-hydrogen) atoms. The zero-order chi connectivity index (χ0) is 15.3. The molecule has 1 rings (SSSR count). The lowest BCUT2D eigenvalue weighted by Crippen LogP contribution is -2.23. The van der Waals surface area contributed by atoms with Gasteiger partial charge in [0.15, 0.2) is 5.76 Å². The van der Waals surface area contributed by atoms with Crippen LogP contribution in [0.5, 0.6) is 0 Å². The van der Waals surface area contributed by atoms with Crippen LogP contribution in [-0.2, 0) is 19.1 Å². The highest BCUT2D eigenvalue weighted by Crippen LogP contribution is 2.37. The van der Waals surface area contributed by atoms with Gasteiger partial charge in [0.25, 0.3) is 0 Å². The van der Waals surface area contributed by atoms with Gasteiger partial charge in [0.2, 0.25) is 0 Å². The third kappa shape index (κ3) is 4.19. The Labute approximate surface area is 135 Å². The molecule has 1 unspecified atom stereocenters. The maximum atomic E-state index is 12.0. The Kier molecular flexibility index (Phi) is 6.95. The molecule has 112 valence electrons. The summed E-state index contributed by atoms with van der Waals surface area (Å²) in [7, 11) is 0. The molecule has 0 saturated heterocycles. The molecule has 0 aromatic rings. The normalized spacial score (nSPS) is 18.9. The van der Waals surface area contributed by atoms with Gasteiger partial charge >= 0.3 is 11.9 Å². The van der Waals surface area contributed by atoms with Gasteiger partial charge in [0.05, 0.1) is 10.1 Å². The van der Waals surface area contributed by atoms with Gasteiger partial charge in [0.1, 0.15) is 6.10 Å². The molecule has 0 spiro atoms. The molecule has 0 amide bonds. The number of esters is 2. The lowest BCUT2D eigenvalue weighted by molar-refractivity contribution is -0.148. The summed E-state index contributed by atoms with van der Waals surface area (Å²) in [5.41, 5.74) is 0.380. The molecular formula is C14H18Br2O4. The third-order valence-electron chi connectivity index (χ3n) is 2.76. The van der Waals surface area contributed by atoms with E-state index in [9.17, 15) is 9.59 Å². The molecule has 0 N–H and O–H groups in total. The van der Waals surface area contributed by atoms with Gasteiger partial charge in [-0.3, -0.25) is 4.79 Å². The molecule has 0 aromatic heterocycles. The van der Waals surface area contributed by atoms with Crippen LogP contribution in [0.25, 0.3) is 0 Å². The number of carbonyl (C=O) groups is 2. The van der Waals surface area contributed by atoms with E-state index in [4.69, 9.17) is 9.47 Å². The Morgan fingerprint density at radius 1 is 1.35 bits per heavy atom. The first kappa shape index (κ1) is 17.4. The summed E-state index contributed by atoms with van der Waals surface area (Å²) in [5.74, 6) is -0.314. The third-order valence-corrected chi connectivity index (χ3v) is 3.91. The molecule has 1 atom stereocenters. The standard InChI is InChI=1S/C14H18Br2O4/c1-4-6-9(19-10(17)7-5-2)11-12(16)13(8(3)15)20-14(11)18/h9H,4-7H2,1-3H3/b13-8-. The van der Waals surface area contributed by atoms with Gasteiger partial charge in [-0.2, -0.15) is 0 Å². The van der Waals surface area contributed by atoms with E-state index < -0.39 is 12.1 Å². The average molecular weight is 410 g/mol. The van der Waals surface area contributed by atoms with Crippen molar-refractivity contribution in [1.29, 1.82) is 0 Å². The topological polar surface area (TPSA) is 52.6 Å². The van der Waals surface area contributed by atoms with Crippen LogP contribution in [0.2, 0.25) is 0 Å². The molecular weight excluding hydrogens is 392 g/mol. The number of cyclic esters (lactones) is 1. The fourth-order valence-corrected chi connectivity index (χ4v) is 3.19. The number of ether oxygens (including phenoxy) is 2. The summed E-state index contributed by atoms with van der Waals surface area (Å²) in [6.45, 7) is 5.66. The highest BCUT2D eigenvalue weighted by atomic mass is 79.9. The maximum absolute atomic E-state index is 12.0. The summed E-state index contributed by atoms with van der Waals surface area (Å²) >= 11 is 6.66. The van der Waals surface area contributed by atoms with Crippen molar-refractivity contribution < 1.29 is 19.1 Å². The Morgan fingerprint density at radius 2 is 2.00 bits per heavy atom. The number of rotatable bonds is 6.